The van der Waals surface area contributed by atoms with E-state index >= 15 is 0 Å². The molecule has 17 heavy (non-hydrogen) atoms. The van der Waals surface area contributed by atoms with Crippen molar-refractivity contribution in [2.45, 2.75) is 26.4 Å². The molecule has 0 aliphatic rings. The van der Waals surface area contributed by atoms with Crippen molar-refractivity contribution < 1.29 is 10.0 Å². The average Bonchev–Trinajstić information content (AvgIpc) is 2.14. The molecule has 0 saturated heterocycles. The Kier molecular flexibility index (Phi) is 3.67. The second kappa shape index (κ2) is 4.67. The third kappa shape index (κ3) is 3.67. The molecule has 1 aromatic rings. The number of pyridine rings is 1. The Hall–Kier alpha value is -1.69. The molecule has 0 aliphatic heterocycles. The van der Waals surface area contributed by atoms with Gasteiger partial charge in [-0.15, -0.1) is 0 Å². The molecular formula is C11H17N3O3. The largest absolute Gasteiger partial charge is 0.389 e. The molecule has 0 spiro atoms. The van der Waals surface area contributed by atoms with Crippen LogP contribution in [0, 0.1) is 17.0 Å². The van der Waals surface area contributed by atoms with E-state index in [1.807, 2.05) is 0 Å². The summed E-state index contributed by atoms with van der Waals surface area (Å²) in [6.07, 6.45) is 1.23. The van der Waals surface area contributed by atoms with Crippen LogP contribution in [0.15, 0.2) is 12.3 Å². The van der Waals surface area contributed by atoms with E-state index in [2.05, 4.69) is 4.98 Å². The molecule has 0 radical (unpaired) electrons. The van der Waals surface area contributed by atoms with Crippen LogP contribution >= 0.6 is 0 Å². The Bertz CT molecular complexity index is 426. The van der Waals surface area contributed by atoms with Crippen LogP contribution in [0.1, 0.15) is 19.4 Å². The maximum absolute atomic E-state index is 10.6. The van der Waals surface area contributed by atoms with Crippen LogP contribution in [0.4, 0.5) is 11.5 Å². The fourth-order valence-electron chi connectivity index (χ4n) is 1.71. The molecule has 1 N–H and O–H groups in total. The second-order valence-corrected chi connectivity index (χ2v) is 4.76. The van der Waals surface area contributed by atoms with E-state index in [1.54, 1.807) is 32.7 Å². The van der Waals surface area contributed by atoms with E-state index in [0.29, 0.717) is 17.9 Å². The highest BCUT2D eigenvalue weighted by Crippen LogP contribution is 2.21. The normalized spacial score (nSPS) is 11.4. The second-order valence-electron chi connectivity index (χ2n) is 4.76. The lowest BCUT2D eigenvalue weighted by Crippen LogP contribution is -2.36. The lowest BCUT2D eigenvalue weighted by Gasteiger charge is -2.27. The molecule has 0 saturated carbocycles. The van der Waals surface area contributed by atoms with Gasteiger partial charge in [-0.05, 0) is 26.3 Å². The summed E-state index contributed by atoms with van der Waals surface area (Å²) < 4.78 is 0. The van der Waals surface area contributed by atoms with Gasteiger partial charge in [0.1, 0.15) is 12.0 Å². The number of nitro groups is 1. The highest BCUT2D eigenvalue weighted by molar-refractivity contribution is 5.50. The summed E-state index contributed by atoms with van der Waals surface area (Å²) in [6.45, 7) is 5.56. The van der Waals surface area contributed by atoms with Crippen LogP contribution in [0.5, 0.6) is 0 Å². The van der Waals surface area contributed by atoms with Gasteiger partial charge in [-0.1, -0.05) is 0 Å². The number of likely N-dealkylation sites (N-methyl/N-ethyl adjacent to an activating group) is 1. The SMILES string of the molecule is Cc1cc([N+](=O)[O-])cnc1N(C)CC(C)(C)O. The third-order valence-corrected chi connectivity index (χ3v) is 2.23. The van der Waals surface area contributed by atoms with Gasteiger partial charge < -0.3 is 10.0 Å². The molecule has 1 rings (SSSR count). The van der Waals surface area contributed by atoms with Gasteiger partial charge in [-0.2, -0.15) is 0 Å². The highest BCUT2D eigenvalue weighted by Gasteiger charge is 2.19. The number of hydrogen-bond donors (Lipinski definition) is 1. The number of aromatic nitrogens is 1. The van der Waals surface area contributed by atoms with Crippen molar-refractivity contribution in [1.82, 2.24) is 4.98 Å². The maximum atomic E-state index is 10.6. The van der Waals surface area contributed by atoms with Gasteiger partial charge in [0.15, 0.2) is 0 Å². The van der Waals surface area contributed by atoms with Crippen LogP contribution in [0.3, 0.4) is 0 Å². The van der Waals surface area contributed by atoms with Crippen LogP contribution < -0.4 is 4.90 Å². The third-order valence-electron chi connectivity index (χ3n) is 2.23. The van der Waals surface area contributed by atoms with E-state index in [0.717, 1.165) is 0 Å². The summed E-state index contributed by atoms with van der Waals surface area (Å²) >= 11 is 0. The summed E-state index contributed by atoms with van der Waals surface area (Å²) in [5.41, 5.74) is -0.154. The number of hydrogen-bond acceptors (Lipinski definition) is 5. The molecular weight excluding hydrogens is 222 g/mol. The minimum absolute atomic E-state index is 0.0251. The zero-order valence-electron chi connectivity index (χ0n) is 10.5. The van der Waals surface area contributed by atoms with Crippen molar-refractivity contribution >= 4 is 11.5 Å². The van der Waals surface area contributed by atoms with Crippen LogP contribution in [0.2, 0.25) is 0 Å². The summed E-state index contributed by atoms with van der Waals surface area (Å²) in [4.78, 5) is 15.9. The van der Waals surface area contributed by atoms with Gasteiger partial charge in [-0.3, -0.25) is 10.1 Å². The first-order valence-electron chi connectivity index (χ1n) is 5.25. The predicted octanol–water partition coefficient (Wildman–Crippen LogP) is 1.51. The smallest absolute Gasteiger partial charge is 0.287 e. The molecule has 6 nitrogen and oxygen atoms in total. The van der Waals surface area contributed by atoms with E-state index in [-0.39, 0.29) is 5.69 Å². The highest BCUT2D eigenvalue weighted by atomic mass is 16.6. The van der Waals surface area contributed by atoms with Gasteiger partial charge in [-0.25, -0.2) is 4.98 Å². The van der Waals surface area contributed by atoms with E-state index < -0.39 is 10.5 Å². The van der Waals surface area contributed by atoms with Crippen LogP contribution in [-0.4, -0.2) is 34.2 Å². The minimum Gasteiger partial charge on any atom is -0.389 e. The Labute approximate surface area is 100 Å². The molecule has 1 heterocycles. The van der Waals surface area contributed by atoms with Crippen molar-refractivity contribution in [3.05, 3.63) is 27.9 Å². The standard InChI is InChI=1S/C11H17N3O3/c1-8-5-9(14(16)17)6-12-10(8)13(4)7-11(2,3)15/h5-6,15H,7H2,1-4H3. The Morgan fingerprint density at radius 1 is 1.59 bits per heavy atom. The van der Waals surface area contributed by atoms with E-state index in [1.165, 1.54) is 12.3 Å². The van der Waals surface area contributed by atoms with E-state index in [4.69, 9.17) is 0 Å². The van der Waals surface area contributed by atoms with Crippen molar-refractivity contribution in [3.8, 4) is 0 Å². The van der Waals surface area contributed by atoms with Crippen LogP contribution in [-0.2, 0) is 0 Å². The number of anilines is 1. The first kappa shape index (κ1) is 13.4. The van der Waals surface area contributed by atoms with Gasteiger partial charge in [0.25, 0.3) is 5.69 Å². The lowest BCUT2D eigenvalue weighted by molar-refractivity contribution is -0.385. The molecule has 0 fully saturated rings. The average molecular weight is 239 g/mol. The zero-order valence-corrected chi connectivity index (χ0v) is 10.5. The number of nitrogens with zero attached hydrogens (tertiary/aromatic N) is 3. The van der Waals surface area contributed by atoms with Crippen molar-refractivity contribution in [3.63, 3.8) is 0 Å². The van der Waals surface area contributed by atoms with E-state index in [9.17, 15) is 15.2 Å². The summed E-state index contributed by atoms with van der Waals surface area (Å²) in [5, 5.41) is 20.3. The first-order chi connectivity index (χ1) is 7.70. The monoisotopic (exact) mass is 239 g/mol. The van der Waals surface area contributed by atoms with Gasteiger partial charge in [0.2, 0.25) is 0 Å². The number of aryl methyl sites for hydroxylation is 1. The van der Waals surface area contributed by atoms with Gasteiger partial charge >= 0.3 is 0 Å². The summed E-state index contributed by atoms with van der Waals surface area (Å²) in [5.74, 6) is 0.637. The topological polar surface area (TPSA) is 79.5 Å². The zero-order chi connectivity index (χ0) is 13.2. The Morgan fingerprint density at radius 3 is 2.59 bits per heavy atom. The molecule has 0 unspecified atom stereocenters. The molecule has 0 aromatic carbocycles. The molecule has 0 atom stereocenters. The molecule has 0 bridgehead atoms. The van der Waals surface area contributed by atoms with Gasteiger partial charge in [0, 0.05) is 19.7 Å². The minimum atomic E-state index is -0.843. The molecule has 94 valence electrons. The maximum Gasteiger partial charge on any atom is 0.287 e. The summed E-state index contributed by atoms with van der Waals surface area (Å²) in [6, 6.07) is 1.48. The predicted molar refractivity (Wildman–Crippen MR) is 65.2 cm³/mol. The molecule has 0 aliphatic carbocycles. The van der Waals surface area contributed by atoms with Crippen molar-refractivity contribution in [1.29, 1.82) is 0 Å². The quantitative estimate of drug-likeness (QED) is 0.636. The fraction of sp³-hybridized carbons (Fsp3) is 0.545. The van der Waals surface area contributed by atoms with Gasteiger partial charge in [0.05, 0.1) is 10.5 Å². The molecule has 6 heteroatoms. The van der Waals surface area contributed by atoms with Crippen LogP contribution in [0.25, 0.3) is 0 Å². The Morgan fingerprint density at radius 2 is 2.18 bits per heavy atom. The Balaban J connectivity index is 2.96. The number of aliphatic hydroxyl groups is 1. The molecule has 1 aromatic heterocycles. The van der Waals surface area contributed by atoms with Crippen molar-refractivity contribution in [2.24, 2.45) is 0 Å². The first-order valence-corrected chi connectivity index (χ1v) is 5.25. The van der Waals surface area contributed by atoms with Crippen molar-refractivity contribution in [2.75, 3.05) is 18.5 Å². The number of rotatable bonds is 4. The molecule has 0 amide bonds. The summed E-state index contributed by atoms with van der Waals surface area (Å²) in [7, 11) is 1.79. The lowest BCUT2D eigenvalue weighted by atomic mass is 10.1. The fourth-order valence-corrected chi connectivity index (χ4v) is 1.71.